The van der Waals surface area contributed by atoms with Gasteiger partial charge < -0.3 is 5.32 Å². The molecule has 0 radical (unpaired) electrons. The fourth-order valence-electron chi connectivity index (χ4n) is 1.23. The van der Waals surface area contributed by atoms with Crippen molar-refractivity contribution in [2.75, 3.05) is 20.6 Å². The van der Waals surface area contributed by atoms with Gasteiger partial charge in [0, 0.05) is 19.2 Å². The minimum atomic E-state index is -0.0412. The smallest absolute Gasteiger partial charge is 0.233 e. The van der Waals surface area contributed by atoms with Gasteiger partial charge in [-0.2, -0.15) is 0 Å². The highest BCUT2D eigenvalue weighted by Gasteiger charge is 2.08. The number of likely N-dealkylation sites (N-methyl/N-ethyl adjacent to an activating group) is 2. The SMILES string of the molecule is CNC(=O)CN(C)Cc1ccc(Cl)nc1Cl. The molecule has 0 bridgehead atoms. The van der Waals surface area contributed by atoms with Crippen LogP contribution >= 0.6 is 23.2 Å². The van der Waals surface area contributed by atoms with Gasteiger partial charge in [-0.15, -0.1) is 0 Å². The lowest BCUT2D eigenvalue weighted by molar-refractivity contribution is -0.121. The van der Waals surface area contributed by atoms with Crippen molar-refractivity contribution in [1.82, 2.24) is 15.2 Å². The first kappa shape index (κ1) is 13.2. The van der Waals surface area contributed by atoms with Crippen LogP contribution in [0.25, 0.3) is 0 Å². The molecule has 0 spiro atoms. The Balaban J connectivity index is 2.62. The van der Waals surface area contributed by atoms with E-state index in [1.807, 2.05) is 11.9 Å². The number of carbonyl (C=O) groups is 1. The number of nitrogens with one attached hydrogen (secondary N) is 1. The highest BCUT2D eigenvalue weighted by atomic mass is 35.5. The predicted molar refractivity (Wildman–Crippen MR) is 64.7 cm³/mol. The van der Waals surface area contributed by atoms with Gasteiger partial charge in [-0.3, -0.25) is 9.69 Å². The molecule has 1 heterocycles. The van der Waals surface area contributed by atoms with Gasteiger partial charge in [0.05, 0.1) is 6.54 Å². The Hall–Kier alpha value is -0.840. The van der Waals surface area contributed by atoms with Gasteiger partial charge in [-0.1, -0.05) is 29.3 Å². The summed E-state index contributed by atoms with van der Waals surface area (Å²) >= 11 is 11.6. The minimum Gasteiger partial charge on any atom is -0.358 e. The summed E-state index contributed by atoms with van der Waals surface area (Å²) in [4.78, 5) is 16.9. The molecule has 88 valence electrons. The van der Waals surface area contributed by atoms with Crippen molar-refractivity contribution in [2.24, 2.45) is 0 Å². The van der Waals surface area contributed by atoms with Crippen molar-refractivity contribution < 1.29 is 4.79 Å². The number of amides is 1. The maximum absolute atomic E-state index is 11.1. The zero-order valence-corrected chi connectivity index (χ0v) is 10.6. The van der Waals surface area contributed by atoms with Crippen molar-refractivity contribution in [3.8, 4) is 0 Å². The molecule has 16 heavy (non-hydrogen) atoms. The Labute approximate surface area is 105 Å². The molecule has 0 aliphatic rings. The number of rotatable bonds is 4. The summed E-state index contributed by atoms with van der Waals surface area (Å²) in [5.74, 6) is -0.0412. The minimum absolute atomic E-state index is 0.0412. The van der Waals surface area contributed by atoms with E-state index in [0.29, 0.717) is 23.4 Å². The van der Waals surface area contributed by atoms with Crippen molar-refractivity contribution in [3.63, 3.8) is 0 Å². The van der Waals surface area contributed by atoms with Crippen LogP contribution in [0.1, 0.15) is 5.56 Å². The average molecular weight is 262 g/mol. The van der Waals surface area contributed by atoms with Crippen molar-refractivity contribution >= 4 is 29.1 Å². The molecule has 0 aliphatic carbocycles. The topological polar surface area (TPSA) is 45.2 Å². The standard InChI is InChI=1S/C10H13Cl2N3O/c1-13-9(16)6-15(2)5-7-3-4-8(11)14-10(7)12/h3-4H,5-6H2,1-2H3,(H,13,16). The van der Waals surface area contributed by atoms with Crippen LogP contribution in [0.2, 0.25) is 10.3 Å². The van der Waals surface area contributed by atoms with E-state index >= 15 is 0 Å². The number of hydrogen-bond donors (Lipinski definition) is 1. The third kappa shape index (κ3) is 3.96. The van der Waals surface area contributed by atoms with Gasteiger partial charge in [-0.05, 0) is 13.1 Å². The molecule has 0 aliphatic heterocycles. The molecular formula is C10H13Cl2N3O. The van der Waals surface area contributed by atoms with E-state index in [4.69, 9.17) is 23.2 Å². The molecule has 1 aromatic rings. The molecule has 1 amide bonds. The van der Waals surface area contributed by atoms with Crippen LogP contribution in [0.4, 0.5) is 0 Å². The van der Waals surface area contributed by atoms with E-state index in [2.05, 4.69) is 10.3 Å². The largest absolute Gasteiger partial charge is 0.358 e. The Morgan fingerprint density at radius 1 is 1.50 bits per heavy atom. The Kier molecular flexibility index (Phi) is 4.99. The Morgan fingerprint density at radius 3 is 2.75 bits per heavy atom. The van der Waals surface area contributed by atoms with Gasteiger partial charge in [0.2, 0.25) is 5.91 Å². The second-order valence-corrected chi connectivity index (χ2v) is 4.17. The zero-order valence-electron chi connectivity index (χ0n) is 9.13. The molecule has 0 aromatic carbocycles. The van der Waals surface area contributed by atoms with E-state index in [9.17, 15) is 4.79 Å². The highest BCUT2D eigenvalue weighted by molar-refractivity contribution is 6.32. The normalized spacial score (nSPS) is 10.6. The first-order valence-electron chi connectivity index (χ1n) is 4.73. The van der Waals surface area contributed by atoms with E-state index in [-0.39, 0.29) is 5.91 Å². The summed E-state index contributed by atoms with van der Waals surface area (Å²) in [5, 5.41) is 3.29. The molecule has 6 heteroatoms. The molecule has 1 N–H and O–H groups in total. The molecule has 0 saturated carbocycles. The fraction of sp³-hybridized carbons (Fsp3) is 0.400. The first-order valence-corrected chi connectivity index (χ1v) is 5.48. The third-order valence-corrected chi connectivity index (χ3v) is 2.56. The highest BCUT2D eigenvalue weighted by Crippen LogP contribution is 2.17. The molecule has 0 fully saturated rings. The lowest BCUT2D eigenvalue weighted by Crippen LogP contribution is -2.32. The summed E-state index contributed by atoms with van der Waals surface area (Å²) < 4.78 is 0. The molecule has 0 unspecified atom stereocenters. The van der Waals surface area contributed by atoms with Crippen LogP contribution < -0.4 is 5.32 Å². The maximum atomic E-state index is 11.1. The predicted octanol–water partition coefficient (Wildman–Crippen LogP) is 1.57. The van der Waals surface area contributed by atoms with Crippen molar-refractivity contribution in [2.45, 2.75) is 6.54 Å². The van der Waals surface area contributed by atoms with Crippen molar-refractivity contribution in [1.29, 1.82) is 0 Å². The lowest BCUT2D eigenvalue weighted by Gasteiger charge is -2.15. The van der Waals surface area contributed by atoms with E-state index in [1.165, 1.54) is 0 Å². The van der Waals surface area contributed by atoms with Gasteiger partial charge in [0.15, 0.2) is 0 Å². The van der Waals surface area contributed by atoms with Gasteiger partial charge in [0.1, 0.15) is 10.3 Å². The van der Waals surface area contributed by atoms with E-state index in [0.717, 1.165) is 5.56 Å². The van der Waals surface area contributed by atoms with E-state index in [1.54, 1.807) is 19.2 Å². The molecule has 0 atom stereocenters. The number of aromatic nitrogens is 1. The van der Waals surface area contributed by atoms with Crippen LogP contribution in [0, 0.1) is 0 Å². The maximum Gasteiger partial charge on any atom is 0.233 e. The van der Waals surface area contributed by atoms with Gasteiger partial charge in [0.25, 0.3) is 0 Å². The van der Waals surface area contributed by atoms with Crippen LogP contribution in [0.5, 0.6) is 0 Å². The summed E-state index contributed by atoms with van der Waals surface area (Å²) in [7, 11) is 3.44. The summed E-state index contributed by atoms with van der Waals surface area (Å²) in [6.45, 7) is 0.867. The molecule has 4 nitrogen and oxygen atoms in total. The summed E-state index contributed by atoms with van der Waals surface area (Å²) in [5.41, 5.74) is 0.845. The monoisotopic (exact) mass is 261 g/mol. The van der Waals surface area contributed by atoms with Crippen molar-refractivity contribution in [3.05, 3.63) is 28.0 Å². The number of halogens is 2. The summed E-state index contributed by atoms with van der Waals surface area (Å²) in [6.07, 6.45) is 0. The first-order chi connectivity index (χ1) is 7.52. The second-order valence-electron chi connectivity index (χ2n) is 3.43. The quantitative estimate of drug-likeness (QED) is 0.838. The lowest BCUT2D eigenvalue weighted by atomic mass is 10.2. The van der Waals surface area contributed by atoms with Crippen LogP contribution in [-0.2, 0) is 11.3 Å². The van der Waals surface area contributed by atoms with Gasteiger partial charge in [-0.25, -0.2) is 4.98 Å². The number of nitrogens with zero attached hydrogens (tertiary/aromatic N) is 2. The number of carbonyl (C=O) groups excluding carboxylic acids is 1. The van der Waals surface area contributed by atoms with Gasteiger partial charge >= 0.3 is 0 Å². The zero-order chi connectivity index (χ0) is 12.1. The molecular weight excluding hydrogens is 249 g/mol. The average Bonchev–Trinajstić information content (AvgIpc) is 2.22. The second kappa shape index (κ2) is 6.03. The fourth-order valence-corrected chi connectivity index (χ4v) is 1.63. The molecule has 1 aromatic heterocycles. The summed E-state index contributed by atoms with van der Waals surface area (Å²) in [6, 6.07) is 3.48. The third-order valence-electron chi connectivity index (χ3n) is 2.02. The van der Waals surface area contributed by atoms with Crippen LogP contribution in [0.15, 0.2) is 12.1 Å². The molecule has 0 saturated heterocycles. The van der Waals surface area contributed by atoms with E-state index < -0.39 is 0 Å². The number of pyridine rings is 1. The Bertz CT molecular complexity index is 384. The van der Waals surface area contributed by atoms with Crippen LogP contribution in [-0.4, -0.2) is 36.4 Å². The molecule has 1 rings (SSSR count). The Morgan fingerprint density at radius 2 is 2.19 bits per heavy atom. The van der Waals surface area contributed by atoms with Crippen LogP contribution in [0.3, 0.4) is 0 Å². The number of hydrogen-bond acceptors (Lipinski definition) is 3.